The van der Waals surface area contributed by atoms with Gasteiger partial charge in [-0.3, -0.25) is 4.21 Å². The Morgan fingerprint density at radius 1 is 1.62 bits per heavy atom. The predicted octanol–water partition coefficient (Wildman–Crippen LogP) is 0.454. The van der Waals surface area contributed by atoms with Crippen molar-refractivity contribution in [3.8, 4) is 0 Å². The van der Waals surface area contributed by atoms with E-state index in [0.717, 1.165) is 5.82 Å². The van der Waals surface area contributed by atoms with Gasteiger partial charge in [0.15, 0.2) is 0 Å². The molecule has 72 valence electrons. The van der Waals surface area contributed by atoms with Gasteiger partial charge in [-0.05, 0) is 12.1 Å². The Kier molecular flexibility index (Phi) is 3.70. The molecule has 0 radical (unpaired) electrons. The van der Waals surface area contributed by atoms with Crippen LogP contribution in [-0.2, 0) is 10.8 Å². The Balaban J connectivity index is 2.41. The topological polar surface area (TPSA) is 68.0 Å². The molecular weight excluding hydrogens is 186 g/mol. The number of nitrogen functional groups attached to an aromatic ring is 1. The van der Waals surface area contributed by atoms with Crippen LogP contribution in [0.25, 0.3) is 0 Å². The van der Waals surface area contributed by atoms with Gasteiger partial charge in [0.25, 0.3) is 0 Å². The van der Waals surface area contributed by atoms with Crippen LogP contribution in [0, 0.1) is 0 Å². The highest BCUT2D eigenvalue weighted by atomic mass is 32.2. The molecule has 1 heterocycles. The van der Waals surface area contributed by atoms with Gasteiger partial charge in [-0.2, -0.15) is 0 Å². The molecule has 0 fully saturated rings. The van der Waals surface area contributed by atoms with E-state index in [1.165, 1.54) is 0 Å². The number of anilines is 2. The number of rotatable bonds is 4. The lowest BCUT2D eigenvalue weighted by Crippen LogP contribution is -2.11. The summed E-state index contributed by atoms with van der Waals surface area (Å²) >= 11 is 0. The summed E-state index contributed by atoms with van der Waals surface area (Å²) in [6, 6.07) is 5.38. The highest BCUT2D eigenvalue weighted by molar-refractivity contribution is 7.84. The number of hydrogen-bond acceptors (Lipinski definition) is 4. The van der Waals surface area contributed by atoms with Gasteiger partial charge in [-0.15, -0.1) is 0 Å². The number of nitrogens with two attached hydrogens (primary N) is 1. The van der Waals surface area contributed by atoms with E-state index in [1.807, 2.05) is 12.1 Å². The molecule has 3 N–H and O–H groups in total. The second-order valence-electron chi connectivity index (χ2n) is 2.65. The van der Waals surface area contributed by atoms with Gasteiger partial charge >= 0.3 is 0 Å². The third-order valence-corrected chi connectivity index (χ3v) is 2.25. The van der Waals surface area contributed by atoms with Crippen molar-refractivity contribution in [3.63, 3.8) is 0 Å². The monoisotopic (exact) mass is 199 g/mol. The fraction of sp³-hybridized carbons (Fsp3) is 0.375. The largest absolute Gasteiger partial charge is 0.384 e. The molecule has 1 atom stereocenters. The SMILES string of the molecule is CS(=O)CCNc1cccc(N)n1. The minimum atomic E-state index is -0.766. The predicted molar refractivity (Wildman–Crippen MR) is 56.1 cm³/mol. The van der Waals surface area contributed by atoms with Crippen molar-refractivity contribution in [2.24, 2.45) is 0 Å². The first kappa shape index (κ1) is 9.98. The fourth-order valence-corrected chi connectivity index (χ4v) is 1.26. The molecular formula is C8H13N3OS. The molecule has 0 spiro atoms. The Morgan fingerprint density at radius 3 is 3.00 bits per heavy atom. The zero-order valence-electron chi connectivity index (χ0n) is 7.49. The smallest absolute Gasteiger partial charge is 0.128 e. The lowest BCUT2D eigenvalue weighted by Gasteiger charge is -2.03. The number of aromatic nitrogens is 1. The number of nitrogens with one attached hydrogen (secondary N) is 1. The van der Waals surface area contributed by atoms with E-state index in [2.05, 4.69) is 10.3 Å². The normalized spacial score (nSPS) is 12.4. The summed E-state index contributed by atoms with van der Waals surface area (Å²) in [4.78, 5) is 4.04. The lowest BCUT2D eigenvalue weighted by atomic mass is 10.4. The quantitative estimate of drug-likeness (QED) is 0.739. The van der Waals surface area contributed by atoms with Crippen molar-refractivity contribution in [1.29, 1.82) is 0 Å². The Bertz CT molecular complexity index is 303. The van der Waals surface area contributed by atoms with Gasteiger partial charge in [0, 0.05) is 29.4 Å². The average Bonchev–Trinajstić information content (AvgIpc) is 2.03. The van der Waals surface area contributed by atoms with E-state index in [9.17, 15) is 4.21 Å². The average molecular weight is 199 g/mol. The van der Waals surface area contributed by atoms with Crippen molar-refractivity contribution in [2.75, 3.05) is 29.6 Å². The molecule has 0 aliphatic carbocycles. The second-order valence-corrected chi connectivity index (χ2v) is 4.21. The Morgan fingerprint density at radius 2 is 2.38 bits per heavy atom. The number of hydrogen-bond donors (Lipinski definition) is 2. The third-order valence-electron chi connectivity index (χ3n) is 1.47. The molecule has 1 aromatic heterocycles. The summed E-state index contributed by atoms with van der Waals surface area (Å²) < 4.78 is 10.7. The molecule has 0 aromatic carbocycles. The van der Waals surface area contributed by atoms with Crippen LogP contribution < -0.4 is 11.1 Å². The third kappa shape index (κ3) is 3.89. The van der Waals surface area contributed by atoms with Crippen LogP contribution in [0.1, 0.15) is 0 Å². The summed E-state index contributed by atoms with van der Waals surface area (Å²) in [5.41, 5.74) is 5.48. The number of nitrogens with zero attached hydrogens (tertiary/aromatic N) is 1. The zero-order chi connectivity index (χ0) is 9.68. The summed E-state index contributed by atoms with van der Waals surface area (Å²) in [5.74, 6) is 1.84. The first-order chi connectivity index (χ1) is 6.18. The minimum absolute atomic E-state index is 0.489. The maximum atomic E-state index is 10.7. The van der Waals surface area contributed by atoms with Gasteiger partial charge in [0.1, 0.15) is 11.6 Å². The van der Waals surface area contributed by atoms with E-state index in [-0.39, 0.29) is 0 Å². The van der Waals surface area contributed by atoms with Crippen LogP contribution >= 0.6 is 0 Å². The van der Waals surface area contributed by atoms with E-state index in [4.69, 9.17) is 5.73 Å². The molecule has 0 bridgehead atoms. The Labute approximate surface area is 80.0 Å². The van der Waals surface area contributed by atoms with Gasteiger partial charge < -0.3 is 11.1 Å². The molecule has 1 unspecified atom stereocenters. The fourth-order valence-electron chi connectivity index (χ4n) is 0.873. The molecule has 0 saturated heterocycles. The molecule has 1 aromatic rings. The molecule has 5 heteroatoms. The molecule has 13 heavy (non-hydrogen) atoms. The van der Waals surface area contributed by atoms with Crippen molar-refractivity contribution in [3.05, 3.63) is 18.2 Å². The molecule has 0 saturated carbocycles. The highest BCUT2D eigenvalue weighted by Crippen LogP contribution is 2.04. The van der Waals surface area contributed by atoms with Gasteiger partial charge in [-0.25, -0.2) is 4.98 Å². The van der Waals surface area contributed by atoms with Gasteiger partial charge in [0.05, 0.1) is 0 Å². The second kappa shape index (κ2) is 4.81. The van der Waals surface area contributed by atoms with Crippen molar-refractivity contribution < 1.29 is 4.21 Å². The maximum Gasteiger partial charge on any atom is 0.128 e. The summed E-state index contributed by atoms with van der Waals surface area (Å²) in [7, 11) is -0.766. The molecule has 1 rings (SSSR count). The van der Waals surface area contributed by atoms with Gasteiger partial charge in [0.2, 0.25) is 0 Å². The standard InChI is InChI=1S/C8H13N3OS/c1-13(12)6-5-10-8-4-2-3-7(9)11-8/h2-4H,5-6H2,1H3,(H3,9,10,11). The highest BCUT2D eigenvalue weighted by Gasteiger charge is 1.94. The van der Waals surface area contributed by atoms with Crippen LogP contribution in [0.5, 0.6) is 0 Å². The summed E-state index contributed by atoms with van der Waals surface area (Å²) in [5, 5.41) is 3.03. The van der Waals surface area contributed by atoms with E-state index < -0.39 is 10.8 Å². The van der Waals surface area contributed by atoms with Crippen molar-refractivity contribution in [1.82, 2.24) is 4.98 Å². The van der Waals surface area contributed by atoms with Crippen molar-refractivity contribution >= 4 is 22.4 Å². The van der Waals surface area contributed by atoms with Crippen LogP contribution in [0.2, 0.25) is 0 Å². The van der Waals surface area contributed by atoms with Crippen molar-refractivity contribution in [2.45, 2.75) is 0 Å². The van der Waals surface area contributed by atoms with E-state index in [0.29, 0.717) is 18.1 Å². The van der Waals surface area contributed by atoms with Crippen LogP contribution in [0.4, 0.5) is 11.6 Å². The molecule has 0 aliphatic rings. The zero-order valence-corrected chi connectivity index (χ0v) is 8.30. The van der Waals surface area contributed by atoms with E-state index >= 15 is 0 Å². The first-order valence-corrected chi connectivity index (χ1v) is 5.67. The summed E-state index contributed by atoms with van der Waals surface area (Å²) in [6.45, 7) is 0.652. The Hall–Kier alpha value is -1.10. The van der Waals surface area contributed by atoms with Crippen LogP contribution in [0.3, 0.4) is 0 Å². The van der Waals surface area contributed by atoms with Crippen LogP contribution in [0.15, 0.2) is 18.2 Å². The molecule has 4 nitrogen and oxygen atoms in total. The van der Waals surface area contributed by atoms with E-state index in [1.54, 1.807) is 12.3 Å². The minimum Gasteiger partial charge on any atom is -0.384 e. The molecule has 0 aliphatic heterocycles. The number of pyridine rings is 1. The van der Waals surface area contributed by atoms with Gasteiger partial charge in [-0.1, -0.05) is 6.07 Å². The lowest BCUT2D eigenvalue weighted by molar-refractivity contribution is 0.687. The summed E-state index contributed by atoms with van der Waals surface area (Å²) in [6.07, 6.45) is 1.68. The first-order valence-electron chi connectivity index (χ1n) is 3.95. The maximum absolute atomic E-state index is 10.7. The molecule has 0 amide bonds. The van der Waals surface area contributed by atoms with Crippen LogP contribution in [-0.4, -0.2) is 27.7 Å².